The zero-order valence-electron chi connectivity index (χ0n) is 5.98. The minimum Gasteiger partial charge on any atom is -0.507 e. The van der Waals surface area contributed by atoms with Gasteiger partial charge in [-0.3, -0.25) is 0 Å². The van der Waals surface area contributed by atoms with Gasteiger partial charge in [-0.25, -0.2) is 0 Å². The fourth-order valence-electron chi connectivity index (χ4n) is 0.721. The topological polar surface area (TPSA) is 67.8 Å². The summed E-state index contributed by atoms with van der Waals surface area (Å²) in [6.07, 6.45) is 0. The van der Waals surface area contributed by atoms with Gasteiger partial charge in [0.15, 0.2) is 0 Å². The Balaban J connectivity index is 3.09. The van der Waals surface area contributed by atoms with E-state index in [-0.39, 0.29) is 11.3 Å². The maximum absolute atomic E-state index is 9.09. The Morgan fingerprint density at radius 1 is 1.33 bits per heavy atom. The Hall–Kier alpha value is -1.65. The highest BCUT2D eigenvalue weighted by Gasteiger charge is 2.01. The van der Waals surface area contributed by atoms with Crippen LogP contribution in [0.1, 0.15) is 5.56 Å². The summed E-state index contributed by atoms with van der Waals surface area (Å²) in [6.45, 7) is 0. The number of hydrogen-bond donors (Lipinski definition) is 1. The Bertz CT molecular complexity index is 376. The van der Waals surface area contributed by atoms with Gasteiger partial charge in [0.25, 0.3) is 0 Å². The molecule has 0 aliphatic heterocycles. The van der Waals surface area contributed by atoms with Crippen LogP contribution in [0.25, 0.3) is 0 Å². The van der Waals surface area contributed by atoms with Gasteiger partial charge in [-0.15, -0.1) is 0 Å². The van der Waals surface area contributed by atoms with Crippen LogP contribution < -0.4 is 0 Å². The third-order valence-corrected chi connectivity index (χ3v) is 1.83. The van der Waals surface area contributed by atoms with Crippen molar-refractivity contribution in [3.63, 3.8) is 0 Å². The molecule has 0 fully saturated rings. The number of phenolic OH excluding ortho intramolecular Hbond substituents is 1. The predicted molar refractivity (Wildman–Crippen MR) is 44.3 cm³/mol. The number of thiocyanates is 1. The van der Waals surface area contributed by atoms with E-state index in [2.05, 4.69) is 0 Å². The largest absolute Gasteiger partial charge is 0.507 e. The van der Waals surface area contributed by atoms with Crippen LogP contribution in [0.3, 0.4) is 0 Å². The monoisotopic (exact) mass is 176 g/mol. The number of hydrogen-bond acceptors (Lipinski definition) is 4. The van der Waals surface area contributed by atoms with Gasteiger partial charge in [0.1, 0.15) is 17.2 Å². The van der Waals surface area contributed by atoms with E-state index >= 15 is 0 Å². The van der Waals surface area contributed by atoms with Crippen molar-refractivity contribution >= 4 is 11.8 Å². The van der Waals surface area contributed by atoms with Crippen molar-refractivity contribution in [2.24, 2.45) is 0 Å². The summed E-state index contributed by atoms with van der Waals surface area (Å²) in [6, 6.07) is 6.29. The Morgan fingerprint density at radius 2 is 2.08 bits per heavy atom. The van der Waals surface area contributed by atoms with Gasteiger partial charge < -0.3 is 5.11 Å². The van der Waals surface area contributed by atoms with Crippen LogP contribution >= 0.6 is 11.8 Å². The maximum Gasteiger partial charge on any atom is 0.138 e. The van der Waals surface area contributed by atoms with Crippen LogP contribution in [0.15, 0.2) is 23.1 Å². The number of thioether (sulfide) groups is 1. The molecule has 0 heterocycles. The molecule has 0 aliphatic rings. The summed E-state index contributed by atoms with van der Waals surface area (Å²) in [5, 5.41) is 27.8. The smallest absolute Gasteiger partial charge is 0.138 e. The number of benzene rings is 1. The van der Waals surface area contributed by atoms with Crippen molar-refractivity contribution in [3.05, 3.63) is 23.8 Å². The molecule has 0 unspecified atom stereocenters. The second-order valence-corrected chi connectivity index (χ2v) is 2.84. The highest BCUT2D eigenvalue weighted by Crippen LogP contribution is 2.23. The molecular weight excluding hydrogens is 172 g/mol. The van der Waals surface area contributed by atoms with Gasteiger partial charge in [0, 0.05) is 4.90 Å². The lowest BCUT2D eigenvalue weighted by Gasteiger charge is -1.96. The summed E-state index contributed by atoms with van der Waals surface area (Å²) in [5.41, 5.74) is 0.190. The van der Waals surface area contributed by atoms with Crippen molar-refractivity contribution < 1.29 is 5.11 Å². The van der Waals surface area contributed by atoms with Gasteiger partial charge in [-0.05, 0) is 30.0 Å². The van der Waals surface area contributed by atoms with Crippen LogP contribution in [0.2, 0.25) is 0 Å². The Kier molecular flexibility index (Phi) is 2.57. The minimum atomic E-state index is -0.0558. The SMILES string of the molecule is N#CSc1ccc(O)c(C#N)c1. The molecule has 0 amide bonds. The number of nitrogens with zero attached hydrogens (tertiary/aromatic N) is 2. The highest BCUT2D eigenvalue weighted by molar-refractivity contribution is 8.03. The molecule has 0 saturated carbocycles. The summed E-state index contributed by atoms with van der Waals surface area (Å²) in [7, 11) is 0. The van der Waals surface area contributed by atoms with Crippen LogP contribution in [-0.4, -0.2) is 5.11 Å². The molecule has 4 heteroatoms. The summed E-state index contributed by atoms with van der Waals surface area (Å²) in [4.78, 5) is 0.659. The predicted octanol–water partition coefficient (Wildman–Crippen LogP) is 1.84. The Morgan fingerprint density at radius 3 is 2.67 bits per heavy atom. The first kappa shape index (κ1) is 8.45. The molecule has 1 aromatic rings. The van der Waals surface area contributed by atoms with Crippen molar-refractivity contribution in [2.75, 3.05) is 0 Å². The first-order valence-electron chi connectivity index (χ1n) is 3.07. The molecule has 12 heavy (non-hydrogen) atoms. The zero-order chi connectivity index (χ0) is 8.97. The maximum atomic E-state index is 9.09. The molecule has 1 rings (SSSR count). The molecule has 3 nitrogen and oxygen atoms in total. The molecule has 0 saturated heterocycles. The number of rotatable bonds is 1. The molecule has 0 spiro atoms. The average Bonchev–Trinajstić information content (AvgIpc) is 2.09. The van der Waals surface area contributed by atoms with E-state index in [0.29, 0.717) is 4.90 Å². The minimum absolute atomic E-state index is 0.0558. The summed E-state index contributed by atoms with van der Waals surface area (Å²) in [5.74, 6) is -0.0558. The lowest BCUT2D eigenvalue weighted by atomic mass is 10.2. The Labute approximate surface area is 73.9 Å². The first-order chi connectivity index (χ1) is 5.77. The number of nitriles is 2. The molecule has 0 atom stereocenters. The molecular formula is C8H4N2OS. The second-order valence-electron chi connectivity index (χ2n) is 1.98. The van der Waals surface area contributed by atoms with Crippen LogP contribution in [0.4, 0.5) is 0 Å². The summed E-state index contributed by atoms with van der Waals surface area (Å²) < 4.78 is 0. The van der Waals surface area contributed by atoms with E-state index < -0.39 is 0 Å². The molecule has 1 N–H and O–H groups in total. The third-order valence-electron chi connectivity index (χ3n) is 1.25. The zero-order valence-corrected chi connectivity index (χ0v) is 6.80. The van der Waals surface area contributed by atoms with E-state index in [1.54, 1.807) is 6.07 Å². The van der Waals surface area contributed by atoms with Crippen molar-refractivity contribution in [1.82, 2.24) is 0 Å². The highest BCUT2D eigenvalue weighted by atomic mass is 32.2. The van der Waals surface area contributed by atoms with Crippen LogP contribution in [0.5, 0.6) is 5.75 Å². The molecule has 58 valence electrons. The first-order valence-corrected chi connectivity index (χ1v) is 3.88. The van der Waals surface area contributed by atoms with Crippen LogP contribution in [-0.2, 0) is 0 Å². The molecule has 0 aromatic heterocycles. The number of aromatic hydroxyl groups is 1. The van der Waals surface area contributed by atoms with Gasteiger partial charge >= 0.3 is 0 Å². The van der Waals surface area contributed by atoms with E-state index in [4.69, 9.17) is 15.6 Å². The number of phenols is 1. The van der Waals surface area contributed by atoms with Gasteiger partial charge in [0.2, 0.25) is 0 Å². The molecule has 0 bridgehead atoms. The van der Waals surface area contributed by atoms with Crippen LogP contribution in [0, 0.1) is 22.0 Å². The lowest BCUT2D eigenvalue weighted by Crippen LogP contribution is -1.76. The molecule has 0 aliphatic carbocycles. The van der Waals surface area contributed by atoms with Gasteiger partial charge in [0.05, 0.1) is 5.56 Å². The lowest BCUT2D eigenvalue weighted by molar-refractivity contribution is 0.473. The van der Waals surface area contributed by atoms with Crippen molar-refractivity contribution in [1.29, 1.82) is 10.5 Å². The van der Waals surface area contributed by atoms with Crippen molar-refractivity contribution in [2.45, 2.75) is 4.90 Å². The fraction of sp³-hybridized carbons (Fsp3) is 0. The van der Waals surface area contributed by atoms with E-state index in [1.807, 2.05) is 11.5 Å². The molecule has 1 aromatic carbocycles. The van der Waals surface area contributed by atoms with Crippen molar-refractivity contribution in [3.8, 4) is 17.2 Å². The third kappa shape index (κ3) is 1.69. The van der Waals surface area contributed by atoms with Gasteiger partial charge in [-0.1, -0.05) is 0 Å². The standard InChI is InChI=1S/C8H4N2OS/c9-4-6-3-7(12-5-10)1-2-8(6)11/h1-3,11H. The van der Waals surface area contributed by atoms with E-state index in [1.165, 1.54) is 12.1 Å². The fourth-order valence-corrected chi connectivity index (χ4v) is 1.14. The second kappa shape index (κ2) is 3.66. The van der Waals surface area contributed by atoms with E-state index in [0.717, 1.165) is 11.8 Å². The van der Waals surface area contributed by atoms with E-state index in [9.17, 15) is 0 Å². The summed E-state index contributed by atoms with van der Waals surface area (Å²) >= 11 is 0.957. The molecule has 0 radical (unpaired) electrons. The average molecular weight is 176 g/mol. The quantitative estimate of drug-likeness (QED) is 0.523. The normalized spacial score (nSPS) is 8.50. The van der Waals surface area contributed by atoms with Gasteiger partial charge in [-0.2, -0.15) is 10.5 Å².